The van der Waals surface area contributed by atoms with E-state index in [-0.39, 0.29) is 11.5 Å². The highest BCUT2D eigenvalue weighted by Crippen LogP contribution is 2.20. The minimum absolute atomic E-state index is 0.0791. The normalized spacial score (nSPS) is 11.3. The summed E-state index contributed by atoms with van der Waals surface area (Å²) in [5, 5.41) is 8.93. The van der Waals surface area contributed by atoms with Gasteiger partial charge < -0.3 is 14.8 Å². The fourth-order valence-corrected chi connectivity index (χ4v) is 2.74. The number of hydrogen-bond acceptors (Lipinski definition) is 4. The van der Waals surface area contributed by atoms with Crippen LogP contribution in [0.3, 0.4) is 0 Å². The number of sulfonamides is 1. The van der Waals surface area contributed by atoms with Crippen molar-refractivity contribution in [3.63, 3.8) is 0 Å². The first-order valence-corrected chi connectivity index (χ1v) is 7.57. The van der Waals surface area contributed by atoms with Gasteiger partial charge in [0.2, 0.25) is 0 Å². The van der Waals surface area contributed by atoms with Crippen molar-refractivity contribution in [2.24, 2.45) is 0 Å². The van der Waals surface area contributed by atoms with E-state index < -0.39 is 10.0 Å². The molecule has 0 aliphatic carbocycles. The molecule has 0 spiro atoms. The molecule has 3 N–H and O–H groups in total. The van der Waals surface area contributed by atoms with Crippen LogP contribution in [0.15, 0.2) is 41.4 Å². The summed E-state index contributed by atoms with van der Waals surface area (Å²) in [5.41, 5.74) is 0.886. The quantitative estimate of drug-likeness (QED) is 0.756. The summed E-state index contributed by atoms with van der Waals surface area (Å²) in [4.78, 5) is 2.76. The van der Waals surface area contributed by atoms with Gasteiger partial charge in [-0.15, -0.1) is 0 Å². The van der Waals surface area contributed by atoms with Gasteiger partial charge in [0.15, 0.2) is 0 Å². The monoisotopic (exact) mass is 296 g/mol. The molecule has 0 saturated carbocycles. The van der Waals surface area contributed by atoms with Crippen LogP contribution in [-0.4, -0.2) is 25.1 Å². The fraction of sp³-hybridized carbons (Fsp3) is 0.231. The maximum atomic E-state index is 12.1. The molecule has 0 amide bonds. The fourth-order valence-electron chi connectivity index (χ4n) is 1.67. The Morgan fingerprint density at radius 3 is 2.55 bits per heavy atom. The summed E-state index contributed by atoms with van der Waals surface area (Å²) in [6, 6.07) is 8.02. The van der Waals surface area contributed by atoms with E-state index in [0.29, 0.717) is 23.7 Å². The molecule has 2 rings (SSSR count). The maximum Gasteiger partial charge on any atom is 0.263 e. The number of rotatable bonds is 6. The Labute approximate surface area is 117 Å². The average molecular weight is 296 g/mol. The lowest BCUT2D eigenvalue weighted by Gasteiger charge is -2.07. The zero-order chi connectivity index (χ0) is 14.6. The maximum absolute atomic E-state index is 12.1. The molecular weight excluding hydrogens is 280 g/mol. The molecule has 0 atom stereocenters. The predicted octanol–water partition coefficient (Wildman–Crippen LogP) is 1.71. The number of aromatic amines is 1. The number of ether oxygens (including phenoxy) is 1. The lowest BCUT2D eigenvalue weighted by Crippen LogP contribution is -2.12. The Morgan fingerprint density at radius 1 is 1.30 bits per heavy atom. The second-order valence-corrected chi connectivity index (χ2v) is 5.76. The summed E-state index contributed by atoms with van der Waals surface area (Å²) in [6.45, 7) is 2.19. The van der Waals surface area contributed by atoms with Crippen molar-refractivity contribution in [1.29, 1.82) is 0 Å². The molecular formula is C13H16N2O4S. The molecule has 0 bridgehead atoms. The number of aliphatic hydroxyl groups excluding tert-OH is 1. The highest BCUT2D eigenvalue weighted by Gasteiger charge is 2.16. The van der Waals surface area contributed by atoms with E-state index >= 15 is 0 Å². The summed E-state index contributed by atoms with van der Waals surface area (Å²) in [6.07, 6.45) is 1.34. The van der Waals surface area contributed by atoms with Crippen molar-refractivity contribution in [2.75, 3.05) is 11.3 Å². The third-order valence-electron chi connectivity index (χ3n) is 2.61. The minimum atomic E-state index is -3.66. The number of hydrogen-bond donors (Lipinski definition) is 3. The van der Waals surface area contributed by atoms with E-state index in [9.17, 15) is 8.42 Å². The summed E-state index contributed by atoms with van der Waals surface area (Å²) in [7, 11) is -3.66. The Bertz CT molecular complexity index is 662. The van der Waals surface area contributed by atoms with Crippen LogP contribution in [0.25, 0.3) is 0 Å². The van der Waals surface area contributed by atoms with Crippen LogP contribution in [0.5, 0.6) is 5.75 Å². The average Bonchev–Trinajstić information content (AvgIpc) is 2.91. The molecule has 0 aliphatic rings. The number of anilines is 1. The molecule has 7 heteroatoms. The van der Waals surface area contributed by atoms with Gasteiger partial charge in [-0.1, -0.05) is 0 Å². The van der Waals surface area contributed by atoms with Gasteiger partial charge >= 0.3 is 0 Å². The van der Waals surface area contributed by atoms with Crippen molar-refractivity contribution in [3.05, 3.63) is 42.2 Å². The molecule has 0 saturated heterocycles. The first-order chi connectivity index (χ1) is 9.55. The first-order valence-electron chi connectivity index (χ1n) is 6.09. The van der Waals surface area contributed by atoms with Crippen LogP contribution in [-0.2, 0) is 16.6 Å². The van der Waals surface area contributed by atoms with Gasteiger partial charge in [-0.05, 0) is 37.3 Å². The molecule has 1 heterocycles. The lowest BCUT2D eigenvalue weighted by molar-refractivity contribution is 0.277. The van der Waals surface area contributed by atoms with Crippen molar-refractivity contribution in [1.82, 2.24) is 4.98 Å². The van der Waals surface area contributed by atoms with Crippen LogP contribution >= 0.6 is 0 Å². The van der Waals surface area contributed by atoms with Crippen LogP contribution in [0.2, 0.25) is 0 Å². The van der Waals surface area contributed by atoms with Crippen LogP contribution in [0.4, 0.5) is 5.69 Å². The number of nitrogens with one attached hydrogen (secondary N) is 2. The van der Waals surface area contributed by atoms with Crippen LogP contribution in [0, 0.1) is 0 Å². The zero-order valence-corrected chi connectivity index (χ0v) is 11.8. The van der Waals surface area contributed by atoms with Gasteiger partial charge in [-0.25, -0.2) is 8.42 Å². The lowest BCUT2D eigenvalue weighted by atomic mass is 10.3. The summed E-state index contributed by atoms with van der Waals surface area (Å²) >= 11 is 0. The van der Waals surface area contributed by atoms with E-state index in [1.165, 1.54) is 12.3 Å². The molecule has 0 fully saturated rings. The Morgan fingerprint density at radius 2 is 2.00 bits per heavy atom. The molecule has 0 radical (unpaired) electrons. The smallest absolute Gasteiger partial charge is 0.263 e. The van der Waals surface area contributed by atoms with Crippen molar-refractivity contribution >= 4 is 15.7 Å². The first kappa shape index (κ1) is 14.4. The molecule has 0 aliphatic heterocycles. The molecule has 6 nitrogen and oxygen atoms in total. The van der Waals surface area contributed by atoms with Gasteiger partial charge in [0, 0.05) is 17.6 Å². The highest BCUT2D eigenvalue weighted by molar-refractivity contribution is 7.92. The van der Waals surface area contributed by atoms with Gasteiger partial charge in [-0.3, -0.25) is 4.72 Å². The van der Waals surface area contributed by atoms with E-state index in [1.807, 2.05) is 6.92 Å². The number of aliphatic hydroxyl groups is 1. The van der Waals surface area contributed by atoms with E-state index in [1.54, 1.807) is 24.3 Å². The third kappa shape index (κ3) is 3.31. The SMILES string of the molecule is CCOc1ccc(NS(=O)(=O)c2c[nH]c(CO)c2)cc1. The summed E-state index contributed by atoms with van der Waals surface area (Å²) < 4.78 is 31.9. The third-order valence-corrected chi connectivity index (χ3v) is 3.98. The van der Waals surface area contributed by atoms with Gasteiger partial charge in [-0.2, -0.15) is 0 Å². The van der Waals surface area contributed by atoms with Crippen molar-refractivity contribution < 1.29 is 18.3 Å². The zero-order valence-electron chi connectivity index (χ0n) is 11.0. The Hall–Kier alpha value is -1.99. The molecule has 20 heavy (non-hydrogen) atoms. The van der Waals surface area contributed by atoms with Crippen LogP contribution in [0.1, 0.15) is 12.6 Å². The summed E-state index contributed by atoms with van der Waals surface area (Å²) in [5.74, 6) is 0.680. The minimum Gasteiger partial charge on any atom is -0.494 e. The van der Waals surface area contributed by atoms with Gasteiger partial charge in [0.25, 0.3) is 10.0 Å². The predicted molar refractivity (Wildman–Crippen MR) is 75.1 cm³/mol. The highest BCUT2D eigenvalue weighted by atomic mass is 32.2. The molecule has 1 aromatic heterocycles. The number of H-pyrrole nitrogens is 1. The second kappa shape index (κ2) is 5.98. The van der Waals surface area contributed by atoms with Crippen molar-refractivity contribution in [3.8, 4) is 5.75 Å². The largest absolute Gasteiger partial charge is 0.494 e. The van der Waals surface area contributed by atoms with E-state index in [4.69, 9.17) is 9.84 Å². The Balaban J connectivity index is 2.15. The standard InChI is InChI=1S/C13H16N2O4S/c1-2-19-12-5-3-10(4-6-12)15-20(17,18)13-7-11(9-16)14-8-13/h3-8,14-16H,2,9H2,1H3. The van der Waals surface area contributed by atoms with Crippen molar-refractivity contribution in [2.45, 2.75) is 18.4 Å². The number of aromatic nitrogens is 1. The van der Waals surface area contributed by atoms with Gasteiger partial charge in [0.05, 0.1) is 13.2 Å². The molecule has 1 aromatic carbocycles. The molecule has 2 aromatic rings. The number of benzene rings is 1. The molecule has 108 valence electrons. The van der Waals surface area contributed by atoms with Crippen LogP contribution < -0.4 is 9.46 Å². The van der Waals surface area contributed by atoms with Gasteiger partial charge in [0.1, 0.15) is 10.6 Å². The second-order valence-electron chi connectivity index (χ2n) is 4.08. The van der Waals surface area contributed by atoms with E-state index in [0.717, 1.165) is 0 Å². The molecule has 0 unspecified atom stereocenters. The Kier molecular flexibility index (Phi) is 4.31. The van der Waals surface area contributed by atoms with E-state index in [2.05, 4.69) is 9.71 Å². The topological polar surface area (TPSA) is 91.4 Å².